The fraction of sp³-hybridized carbons (Fsp3) is 0.650. The second-order valence-electron chi connectivity index (χ2n) is 8.39. The quantitative estimate of drug-likeness (QED) is 0.207. The average molecular weight is 443 g/mol. The predicted octanol–water partition coefficient (Wildman–Crippen LogP) is 1.24. The van der Waals surface area contributed by atoms with Crippen LogP contribution < -0.4 is 26.0 Å². The van der Waals surface area contributed by atoms with Crippen LogP contribution in [-0.4, -0.2) is 44.3 Å². The number of carboxylic acids is 1. The van der Waals surface area contributed by atoms with Crippen molar-refractivity contribution in [3.8, 4) is 5.75 Å². The van der Waals surface area contributed by atoms with Gasteiger partial charge in [0.2, 0.25) is 10.0 Å². The van der Waals surface area contributed by atoms with Crippen LogP contribution in [0, 0.1) is 20.8 Å². The van der Waals surface area contributed by atoms with E-state index in [4.69, 9.17) is 15.6 Å². The lowest BCUT2D eigenvalue weighted by atomic mass is 9.88. The van der Waals surface area contributed by atoms with Crippen LogP contribution in [0.1, 0.15) is 55.4 Å². The summed E-state index contributed by atoms with van der Waals surface area (Å²) in [6.45, 7) is 10.1. The number of fused-ring (bicyclic) bond motifs is 1. The molecule has 0 unspecified atom stereocenters. The largest absolute Gasteiger partial charge is 0.487 e. The van der Waals surface area contributed by atoms with E-state index in [-0.39, 0.29) is 12.3 Å². The van der Waals surface area contributed by atoms with Gasteiger partial charge in [-0.2, -0.15) is 4.72 Å². The van der Waals surface area contributed by atoms with Gasteiger partial charge in [-0.15, -0.1) is 0 Å². The molecule has 1 aliphatic heterocycles. The summed E-state index contributed by atoms with van der Waals surface area (Å²) in [5, 5.41) is 8.74. The van der Waals surface area contributed by atoms with Gasteiger partial charge in [0.1, 0.15) is 17.4 Å². The van der Waals surface area contributed by atoms with Crippen molar-refractivity contribution in [2.24, 2.45) is 5.73 Å². The minimum atomic E-state index is -3.73. The lowest BCUT2D eigenvalue weighted by Crippen LogP contribution is -2.42. The number of rotatable bonds is 10. The molecule has 1 aliphatic rings. The van der Waals surface area contributed by atoms with Gasteiger partial charge in [-0.1, -0.05) is 0 Å². The minimum Gasteiger partial charge on any atom is -0.487 e. The fourth-order valence-electron chi connectivity index (χ4n) is 3.64. The van der Waals surface area contributed by atoms with E-state index in [0.29, 0.717) is 29.8 Å². The first-order valence-electron chi connectivity index (χ1n) is 10.1. The Morgan fingerprint density at radius 2 is 1.87 bits per heavy atom. The number of aliphatic carboxylic acids is 1. The fourth-order valence-corrected chi connectivity index (χ4v) is 5.13. The standard InChI is InChI=1S/C20H34N4O5S/c1-12-13(2)18(14(3)15-8-9-20(4,5)29-17(12)15)30(27,28)24-11-23-22-10-6-7-16(21)19(25)26/h16,22-24H,6-11,21H2,1-5H3,(H,25,26)/t16-/m1/s1. The van der Waals surface area contributed by atoms with Crippen molar-refractivity contribution in [1.29, 1.82) is 0 Å². The molecule has 0 bridgehead atoms. The molecule has 0 saturated heterocycles. The van der Waals surface area contributed by atoms with Gasteiger partial charge in [0, 0.05) is 6.54 Å². The number of nitrogens with one attached hydrogen (secondary N) is 3. The molecule has 1 aromatic rings. The van der Waals surface area contributed by atoms with Crippen LogP contribution in [0.4, 0.5) is 0 Å². The van der Waals surface area contributed by atoms with Crippen LogP contribution >= 0.6 is 0 Å². The maximum Gasteiger partial charge on any atom is 0.320 e. The third-order valence-electron chi connectivity index (χ3n) is 5.54. The Morgan fingerprint density at radius 1 is 1.20 bits per heavy atom. The monoisotopic (exact) mass is 442 g/mol. The van der Waals surface area contributed by atoms with Crippen molar-refractivity contribution in [2.45, 2.75) is 76.8 Å². The molecule has 1 aromatic carbocycles. The van der Waals surface area contributed by atoms with Crippen LogP contribution in [0.15, 0.2) is 4.90 Å². The number of benzene rings is 1. The van der Waals surface area contributed by atoms with E-state index in [2.05, 4.69) is 15.6 Å². The zero-order valence-electron chi connectivity index (χ0n) is 18.4. The van der Waals surface area contributed by atoms with Crippen molar-refractivity contribution in [2.75, 3.05) is 13.2 Å². The van der Waals surface area contributed by atoms with Gasteiger partial charge < -0.3 is 15.6 Å². The van der Waals surface area contributed by atoms with Gasteiger partial charge >= 0.3 is 5.97 Å². The molecule has 1 heterocycles. The number of sulfonamides is 1. The SMILES string of the molecule is Cc1c(C)c(S(=O)(=O)NCNNCCC[C@@H](N)C(=O)O)c(C)c2c1OC(C)(C)CC2. The molecule has 0 aromatic heterocycles. The Kier molecular flexibility index (Phi) is 7.86. The molecule has 0 saturated carbocycles. The number of hydrogen-bond donors (Lipinski definition) is 5. The van der Waals surface area contributed by atoms with E-state index in [1.807, 2.05) is 27.7 Å². The molecule has 0 radical (unpaired) electrons. The van der Waals surface area contributed by atoms with Crippen LogP contribution in [0.2, 0.25) is 0 Å². The molecule has 1 atom stereocenters. The summed E-state index contributed by atoms with van der Waals surface area (Å²) in [6, 6.07) is -0.891. The summed E-state index contributed by atoms with van der Waals surface area (Å²) >= 11 is 0. The normalized spacial score (nSPS) is 16.6. The van der Waals surface area contributed by atoms with Crippen molar-refractivity contribution < 1.29 is 23.1 Å². The van der Waals surface area contributed by atoms with E-state index < -0.39 is 22.0 Å². The zero-order chi connectivity index (χ0) is 22.7. The number of nitrogens with two attached hydrogens (primary N) is 1. The van der Waals surface area contributed by atoms with Gasteiger partial charge in [0.15, 0.2) is 0 Å². The second kappa shape index (κ2) is 9.61. The minimum absolute atomic E-state index is 0.00807. The first-order valence-corrected chi connectivity index (χ1v) is 11.6. The Morgan fingerprint density at radius 3 is 2.50 bits per heavy atom. The van der Waals surface area contributed by atoms with E-state index in [1.165, 1.54) is 0 Å². The third kappa shape index (κ3) is 5.70. The highest BCUT2D eigenvalue weighted by Crippen LogP contribution is 2.41. The molecule has 9 nitrogen and oxygen atoms in total. The van der Waals surface area contributed by atoms with E-state index in [1.54, 1.807) is 6.92 Å². The number of carboxylic acid groups (broad SMARTS) is 1. The highest BCUT2D eigenvalue weighted by Gasteiger charge is 2.33. The maximum atomic E-state index is 13.0. The Hall–Kier alpha value is -1.72. The van der Waals surface area contributed by atoms with E-state index in [0.717, 1.165) is 35.3 Å². The van der Waals surface area contributed by atoms with Gasteiger partial charge in [0.25, 0.3) is 0 Å². The zero-order valence-corrected chi connectivity index (χ0v) is 19.2. The molecule has 0 fully saturated rings. The van der Waals surface area contributed by atoms with Crippen molar-refractivity contribution in [1.82, 2.24) is 15.6 Å². The first-order chi connectivity index (χ1) is 13.9. The van der Waals surface area contributed by atoms with E-state index >= 15 is 0 Å². The number of ether oxygens (including phenoxy) is 1. The Labute approximate surface area is 178 Å². The summed E-state index contributed by atoms with van der Waals surface area (Å²) in [7, 11) is -3.73. The lowest BCUT2D eigenvalue weighted by Gasteiger charge is -2.35. The molecule has 0 aliphatic carbocycles. The highest BCUT2D eigenvalue weighted by molar-refractivity contribution is 7.89. The van der Waals surface area contributed by atoms with Crippen LogP contribution in [0.5, 0.6) is 5.75 Å². The predicted molar refractivity (Wildman–Crippen MR) is 115 cm³/mol. The summed E-state index contributed by atoms with van der Waals surface area (Å²) in [5.74, 6) is -0.227. The summed E-state index contributed by atoms with van der Waals surface area (Å²) in [6.07, 6.45) is 2.48. The highest BCUT2D eigenvalue weighted by atomic mass is 32.2. The van der Waals surface area contributed by atoms with Gasteiger partial charge in [0.05, 0.1) is 11.6 Å². The molecule has 30 heavy (non-hydrogen) atoms. The molecule has 10 heteroatoms. The van der Waals surface area contributed by atoms with E-state index in [9.17, 15) is 13.2 Å². The molecular formula is C20H34N4O5S. The second-order valence-corrected chi connectivity index (χ2v) is 10.1. The molecule has 0 amide bonds. The summed E-state index contributed by atoms with van der Waals surface area (Å²) in [5.41, 5.74) is 14.0. The Balaban J connectivity index is 2.01. The van der Waals surface area contributed by atoms with Crippen LogP contribution in [0.25, 0.3) is 0 Å². The summed E-state index contributed by atoms with van der Waals surface area (Å²) in [4.78, 5) is 11.0. The summed E-state index contributed by atoms with van der Waals surface area (Å²) < 4.78 is 34.7. The van der Waals surface area contributed by atoms with Crippen LogP contribution in [-0.2, 0) is 21.2 Å². The molecular weight excluding hydrogens is 408 g/mol. The molecule has 0 spiro atoms. The molecule has 6 N–H and O–H groups in total. The van der Waals surface area contributed by atoms with Crippen molar-refractivity contribution in [3.63, 3.8) is 0 Å². The topological polar surface area (TPSA) is 143 Å². The maximum absolute atomic E-state index is 13.0. The molecule has 170 valence electrons. The van der Waals surface area contributed by atoms with Gasteiger partial charge in [-0.05, 0) is 82.6 Å². The van der Waals surface area contributed by atoms with Crippen molar-refractivity contribution >= 4 is 16.0 Å². The average Bonchev–Trinajstić information content (AvgIpc) is 2.64. The lowest BCUT2D eigenvalue weighted by molar-refractivity contribution is -0.138. The number of hydrazine groups is 1. The van der Waals surface area contributed by atoms with Gasteiger partial charge in [-0.3, -0.25) is 10.2 Å². The van der Waals surface area contributed by atoms with Crippen molar-refractivity contribution in [3.05, 3.63) is 22.3 Å². The Bertz CT molecular complexity index is 899. The van der Waals surface area contributed by atoms with Gasteiger partial charge in [-0.25, -0.2) is 13.8 Å². The number of hydrogen-bond acceptors (Lipinski definition) is 7. The third-order valence-corrected chi connectivity index (χ3v) is 7.22. The van der Waals surface area contributed by atoms with Crippen LogP contribution in [0.3, 0.4) is 0 Å². The smallest absolute Gasteiger partial charge is 0.320 e. The first kappa shape index (κ1) is 24.5. The number of carbonyl (C=O) groups is 1. The molecule has 2 rings (SSSR count).